The summed E-state index contributed by atoms with van der Waals surface area (Å²) in [6.07, 6.45) is 0. The van der Waals surface area contributed by atoms with Crippen molar-refractivity contribution in [3.8, 4) is 11.3 Å². The molecule has 7 nitrogen and oxygen atoms in total. The molecule has 0 saturated carbocycles. The zero-order chi connectivity index (χ0) is 23.5. The van der Waals surface area contributed by atoms with Gasteiger partial charge < -0.3 is 14.2 Å². The van der Waals surface area contributed by atoms with Crippen LogP contribution in [0.2, 0.25) is 0 Å². The van der Waals surface area contributed by atoms with Crippen LogP contribution in [-0.4, -0.2) is 40.6 Å². The first-order valence-corrected chi connectivity index (χ1v) is 10.3. The van der Waals surface area contributed by atoms with Gasteiger partial charge in [0.05, 0.1) is 22.3 Å². The number of nitrogens with zero attached hydrogens (tertiary/aromatic N) is 3. The summed E-state index contributed by atoms with van der Waals surface area (Å²) in [6.45, 7) is 3.51. The van der Waals surface area contributed by atoms with Crippen molar-refractivity contribution in [1.29, 1.82) is 0 Å². The van der Waals surface area contributed by atoms with Crippen LogP contribution in [0, 0.1) is 19.7 Å². The molecule has 0 bridgehead atoms. The van der Waals surface area contributed by atoms with Crippen molar-refractivity contribution < 1.29 is 23.2 Å². The lowest BCUT2D eigenvalue weighted by atomic mass is 10.0. The van der Waals surface area contributed by atoms with Crippen LogP contribution >= 0.6 is 0 Å². The van der Waals surface area contributed by atoms with Crippen molar-refractivity contribution in [2.24, 2.45) is 0 Å². The lowest BCUT2D eigenvalue weighted by Crippen LogP contribution is -2.30. The Bertz CT molecular complexity index is 1310. The fourth-order valence-corrected chi connectivity index (χ4v) is 3.39. The molecule has 0 N–H and O–H groups in total. The Balaban J connectivity index is 1.52. The highest BCUT2D eigenvalue weighted by Crippen LogP contribution is 2.27. The van der Waals surface area contributed by atoms with E-state index < -0.39 is 18.5 Å². The molecule has 2 aromatic heterocycles. The minimum atomic E-state index is -0.675. The topological polar surface area (TPSA) is 85.5 Å². The molecule has 2 heterocycles. The van der Waals surface area contributed by atoms with Crippen LogP contribution in [0.4, 0.5) is 4.39 Å². The highest BCUT2D eigenvalue weighted by atomic mass is 19.1. The number of hydrogen-bond acceptors (Lipinski definition) is 6. The highest BCUT2D eigenvalue weighted by Gasteiger charge is 2.22. The van der Waals surface area contributed by atoms with Gasteiger partial charge in [0.15, 0.2) is 6.61 Å². The third-order valence-electron chi connectivity index (χ3n) is 5.27. The van der Waals surface area contributed by atoms with E-state index >= 15 is 0 Å². The zero-order valence-electron chi connectivity index (χ0n) is 18.5. The molecule has 168 valence electrons. The number of rotatable bonds is 6. The molecule has 0 aliphatic rings. The van der Waals surface area contributed by atoms with Crippen LogP contribution < -0.4 is 0 Å². The molecular formula is C25H22FN3O4. The summed E-state index contributed by atoms with van der Waals surface area (Å²) in [5.74, 6) is -1.41. The number of pyridine rings is 1. The van der Waals surface area contributed by atoms with E-state index in [0.717, 1.165) is 16.7 Å². The van der Waals surface area contributed by atoms with Gasteiger partial charge in [-0.15, -0.1) is 0 Å². The number of halogens is 1. The zero-order valence-corrected chi connectivity index (χ0v) is 18.5. The van der Waals surface area contributed by atoms with E-state index in [1.807, 2.05) is 31.2 Å². The van der Waals surface area contributed by atoms with Crippen molar-refractivity contribution in [1.82, 2.24) is 15.0 Å². The van der Waals surface area contributed by atoms with Crippen molar-refractivity contribution >= 4 is 23.0 Å². The number of likely N-dealkylation sites (N-methyl/N-ethyl adjacent to an activating group) is 1. The van der Waals surface area contributed by atoms with Gasteiger partial charge in [-0.1, -0.05) is 47.1 Å². The Kier molecular flexibility index (Phi) is 6.17. The monoisotopic (exact) mass is 447 g/mol. The number of aryl methyl sites for hydroxylation is 2. The van der Waals surface area contributed by atoms with Gasteiger partial charge in [0.1, 0.15) is 5.82 Å². The summed E-state index contributed by atoms with van der Waals surface area (Å²) in [7, 11) is 1.59. The molecule has 0 saturated heterocycles. The van der Waals surface area contributed by atoms with Crippen molar-refractivity contribution in [2.75, 3.05) is 13.7 Å². The van der Waals surface area contributed by atoms with E-state index in [0.29, 0.717) is 16.8 Å². The largest absolute Gasteiger partial charge is 0.452 e. The van der Waals surface area contributed by atoms with Gasteiger partial charge in [0.25, 0.3) is 11.6 Å². The minimum Gasteiger partial charge on any atom is -0.452 e. The van der Waals surface area contributed by atoms with E-state index in [4.69, 9.17) is 9.26 Å². The number of amides is 1. The number of esters is 1. The standard InChI is InChI=1S/C25H22FN3O4/c1-15-4-8-18(9-5-15)21-12-20(23-16(2)28-33-24(23)27-21)25(31)32-14-22(30)29(3)13-17-6-10-19(26)11-7-17/h4-12H,13-14H2,1-3H3. The first-order valence-electron chi connectivity index (χ1n) is 10.3. The highest BCUT2D eigenvalue weighted by molar-refractivity contribution is 6.04. The maximum atomic E-state index is 13.1. The Labute approximate surface area is 189 Å². The number of benzene rings is 2. The second-order valence-corrected chi connectivity index (χ2v) is 7.82. The van der Waals surface area contributed by atoms with Crippen LogP contribution in [0.3, 0.4) is 0 Å². The van der Waals surface area contributed by atoms with Gasteiger partial charge in [-0.2, -0.15) is 0 Å². The van der Waals surface area contributed by atoms with Crippen molar-refractivity contribution in [3.05, 3.63) is 82.8 Å². The van der Waals surface area contributed by atoms with Gasteiger partial charge in [-0.05, 0) is 37.6 Å². The van der Waals surface area contributed by atoms with E-state index in [2.05, 4.69) is 10.1 Å². The molecule has 1 amide bonds. The Morgan fingerprint density at radius 2 is 1.76 bits per heavy atom. The molecule has 0 spiro atoms. The summed E-state index contributed by atoms with van der Waals surface area (Å²) in [5, 5.41) is 4.36. The summed E-state index contributed by atoms with van der Waals surface area (Å²) in [6, 6.07) is 15.2. The smallest absolute Gasteiger partial charge is 0.339 e. The van der Waals surface area contributed by atoms with Gasteiger partial charge in [0.2, 0.25) is 0 Å². The van der Waals surface area contributed by atoms with Gasteiger partial charge in [0, 0.05) is 19.2 Å². The number of ether oxygens (including phenoxy) is 1. The maximum Gasteiger partial charge on any atom is 0.339 e. The maximum absolute atomic E-state index is 13.1. The van der Waals surface area contributed by atoms with Gasteiger partial charge in [-0.25, -0.2) is 14.2 Å². The number of aromatic nitrogens is 2. The Morgan fingerprint density at radius 1 is 1.06 bits per heavy atom. The van der Waals surface area contributed by atoms with Crippen LogP contribution in [-0.2, 0) is 16.1 Å². The number of carbonyl (C=O) groups excluding carboxylic acids is 2. The second kappa shape index (κ2) is 9.20. The molecule has 2 aromatic carbocycles. The van der Waals surface area contributed by atoms with Crippen molar-refractivity contribution in [2.45, 2.75) is 20.4 Å². The molecular weight excluding hydrogens is 425 g/mol. The third kappa shape index (κ3) is 4.90. The van der Waals surface area contributed by atoms with Crippen molar-refractivity contribution in [3.63, 3.8) is 0 Å². The molecule has 33 heavy (non-hydrogen) atoms. The molecule has 4 aromatic rings. The van der Waals surface area contributed by atoms with E-state index in [9.17, 15) is 14.0 Å². The number of carbonyl (C=O) groups is 2. The normalized spacial score (nSPS) is 10.9. The quantitative estimate of drug-likeness (QED) is 0.406. The predicted molar refractivity (Wildman–Crippen MR) is 120 cm³/mol. The van der Waals surface area contributed by atoms with Crippen LogP contribution in [0.5, 0.6) is 0 Å². The second-order valence-electron chi connectivity index (χ2n) is 7.82. The van der Waals surface area contributed by atoms with Crippen LogP contribution in [0.25, 0.3) is 22.4 Å². The third-order valence-corrected chi connectivity index (χ3v) is 5.27. The molecule has 0 atom stereocenters. The summed E-state index contributed by atoms with van der Waals surface area (Å²) < 4.78 is 23.7. The lowest BCUT2D eigenvalue weighted by molar-refractivity contribution is -0.133. The Morgan fingerprint density at radius 3 is 2.45 bits per heavy atom. The van der Waals surface area contributed by atoms with E-state index in [1.165, 1.54) is 17.0 Å². The van der Waals surface area contributed by atoms with Gasteiger partial charge in [-0.3, -0.25) is 4.79 Å². The van der Waals surface area contributed by atoms with E-state index in [1.54, 1.807) is 32.2 Å². The molecule has 0 fully saturated rings. The molecule has 4 rings (SSSR count). The molecule has 8 heteroatoms. The fourth-order valence-electron chi connectivity index (χ4n) is 3.39. The number of hydrogen-bond donors (Lipinski definition) is 0. The van der Waals surface area contributed by atoms with Crippen LogP contribution in [0.1, 0.15) is 27.2 Å². The fraction of sp³-hybridized carbons (Fsp3) is 0.200. The van der Waals surface area contributed by atoms with E-state index in [-0.39, 0.29) is 23.6 Å². The summed E-state index contributed by atoms with van der Waals surface area (Å²) >= 11 is 0. The predicted octanol–water partition coefficient (Wildman–Crippen LogP) is 4.46. The first kappa shape index (κ1) is 22.1. The molecule has 0 unspecified atom stereocenters. The SMILES string of the molecule is Cc1ccc(-c2cc(C(=O)OCC(=O)N(C)Cc3ccc(F)cc3)c3c(C)noc3n2)cc1. The molecule has 0 radical (unpaired) electrons. The first-order chi connectivity index (χ1) is 15.8. The number of fused-ring (bicyclic) bond motifs is 1. The average Bonchev–Trinajstić information content (AvgIpc) is 3.19. The van der Waals surface area contributed by atoms with Crippen LogP contribution in [0.15, 0.2) is 59.1 Å². The summed E-state index contributed by atoms with van der Waals surface area (Å²) in [4.78, 5) is 31.3. The Hall–Kier alpha value is -4.07. The molecule has 0 aliphatic heterocycles. The van der Waals surface area contributed by atoms with Gasteiger partial charge >= 0.3 is 5.97 Å². The average molecular weight is 447 g/mol. The lowest BCUT2D eigenvalue weighted by Gasteiger charge is -2.17. The minimum absolute atomic E-state index is 0.220. The molecule has 0 aliphatic carbocycles. The summed E-state index contributed by atoms with van der Waals surface area (Å²) in [5.41, 5.74) is 4.14.